The highest BCUT2D eigenvalue weighted by atomic mass is 19.1. The Labute approximate surface area is 161 Å². The zero-order valence-corrected chi connectivity index (χ0v) is 15.6. The number of benzene rings is 1. The van der Waals surface area contributed by atoms with E-state index in [1.54, 1.807) is 12.1 Å². The number of aromatic nitrogens is 2. The van der Waals surface area contributed by atoms with Gasteiger partial charge >= 0.3 is 0 Å². The van der Waals surface area contributed by atoms with Crippen LogP contribution in [-0.2, 0) is 13.1 Å². The number of halogens is 1. The van der Waals surface area contributed by atoms with Crippen LogP contribution in [0, 0.1) is 17.7 Å². The molecule has 0 radical (unpaired) electrons. The normalized spacial score (nSPS) is 23.1. The lowest BCUT2D eigenvalue weighted by Crippen LogP contribution is -2.36. The Balaban J connectivity index is 1.64. The molecule has 1 fully saturated rings. The van der Waals surface area contributed by atoms with Gasteiger partial charge in [0.05, 0.1) is 6.04 Å². The highest BCUT2D eigenvalue weighted by molar-refractivity contribution is 5.94. The summed E-state index contributed by atoms with van der Waals surface area (Å²) in [4.78, 5) is 29.8. The molecule has 2 aliphatic rings. The monoisotopic (exact) mass is 386 g/mol. The van der Waals surface area contributed by atoms with E-state index >= 15 is 0 Å². The van der Waals surface area contributed by atoms with Gasteiger partial charge < -0.3 is 15.7 Å². The minimum absolute atomic E-state index is 0.135. The van der Waals surface area contributed by atoms with Gasteiger partial charge in [0.15, 0.2) is 5.69 Å². The summed E-state index contributed by atoms with van der Waals surface area (Å²) in [5.41, 5.74) is -0.146. The van der Waals surface area contributed by atoms with Crippen LogP contribution < -0.4 is 16.2 Å². The van der Waals surface area contributed by atoms with Gasteiger partial charge in [0.2, 0.25) is 5.75 Å². The molecule has 1 aliphatic heterocycles. The van der Waals surface area contributed by atoms with Gasteiger partial charge in [0, 0.05) is 13.1 Å². The topological polar surface area (TPSA) is 96.2 Å². The largest absolute Gasteiger partial charge is 0.501 e. The van der Waals surface area contributed by atoms with Crippen molar-refractivity contribution in [3.8, 4) is 5.75 Å². The first-order chi connectivity index (χ1) is 13.5. The molecular weight excluding hydrogens is 363 g/mol. The number of rotatable bonds is 4. The first kappa shape index (κ1) is 18.6. The third-order valence-corrected chi connectivity index (χ3v) is 5.84. The molecule has 148 valence electrons. The van der Waals surface area contributed by atoms with Gasteiger partial charge in [-0.3, -0.25) is 14.2 Å². The number of aromatic hydroxyl groups is 1. The Bertz CT molecular complexity index is 957. The molecule has 1 saturated carbocycles. The molecule has 4 rings (SSSR count). The quantitative estimate of drug-likeness (QED) is 0.743. The summed E-state index contributed by atoms with van der Waals surface area (Å²) in [5, 5.41) is 16.2. The van der Waals surface area contributed by atoms with Crippen LogP contribution in [0.4, 0.5) is 4.39 Å². The van der Waals surface area contributed by atoms with Crippen molar-refractivity contribution in [1.82, 2.24) is 20.2 Å². The summed E-state index contributed by atoms with van der Waals surface area (Å²) in [6, 6.07) is 5.59. The summed E-state index contributed by atoms with van der Waals surface area (Å²) in [6.45, 7) is 0.652. The molecule has 3 atom stereocenters. The number of fused-ring (bicyclic) bond motifs is 3. The van der Waals surface area contributed by atoms with E-state index in [2.05, 4.69) is 15.6 Å². The molecule has 1 unspecified atom stereocenters. The Morgan fingerprint density at radius 3 is 2.79 bits per heavy atom. The molecule has 0 saturated heterocycles. The van der Waals surface area contributed by atoms with Crippen molar-refractivity contribution in [3.63, 3.8) is 0 Å². The molecule has 1 aromatic carbocycles. The van der Waals surface area contributed by atoms with Crippen molar-refractivity contribution < 1.29 is 14.3 Å². The molecule has 8 heteroatoms. The van der Waals surface area contributed by atoms with E-state index in [-0.39, 0.29) is 24.1 Å². The van der Waals surface area contributed by atoms with Crippen LogP contribution in [0.2, 0.25) is 0 Å². The maximum atomic E-state index is 13.0. The molecule has 2 aromatic rings. The summed E-state index contributed by atoms with van der Waals surface area (Å²) >= 11 is 0. The second-order valence-corrected chi connectivity index (χ2v) is 7.60. The lowest BCUT2D eigenvalue weighted by molar-refractivity contribution is 0.0941. The number of amides is 1. The molecule has 2 bridgehead atoms. The van der Waals surface area contributed by atoms with Gasteiger partial charge in [0.25, 0.3) is 11.5 Å². The highest BCUT2D eigenvalue weighted by Crippen LogP contribution is 2.42. The van der Waals surface area contributed by atoms with E-state index in [0.29, 0.717) is 29.8 Å². The summed E-state index contributed by atoms with van der Waals surface area (Å²) in [6.07, 6.45) is 3.11. The lowest BCUT2D eigenvalue weighted by atomic mass is 9.97. The van der Waals surface area contributed by atoms with Crippen LogP contribution >= 0.6 is 0 Å². The fraction of sp³-hybridized carbons (Fsp3) is 0.450. The summed E-state index contributed by atoms with van der Waals surface area (Å²) in [5.74, 6) is -0.376. The Morgan fingerprint density at radius 2 is 2.07 bits per heavy atom. The number of hydrogen-bond donors (Lipinski definition) is 3. The third kappa shape index (κ3) is 3.28. The average molecular weight is 386 g/mol. The average Bonchev–Trinajstić information content (AvgIpc) is 3.08. The van der Waals surface area contributed by atoms with Gasteiger partial charge in [0.1, 0.15) is 11.6 Å². The maximum absolute atomic E-state index is 13.0. The van der Waals surface area contributed by atoms with Crippen molar-refractivity contribution >= 4 is 5.91 Å². The van der Waals surface area contributed by atoms with E-state index in [9.17, 15) is 19.1 Å². The number of carbonyl (C=O) groups excluding carboxylic acids is 1. The fourth-order valence-corrected chi connectivity index (χ4v) is 4.42. The SMILES string of the molecule is CNC1c2nc(C(=O)NCc3ccc(F)cc3)c(O)c(=O)n2C[C@@H]2CC[C@H]1C2. The third-order valence-electron chi connectivity index (χ3n) is 5.84. The van der Waals surface area contributed by atoms with Crippen molar-refractivity contribution in [2.75, 3.05) is 7.05 Å². The second-order valence-electron chi connectivity index (χ2n) is 7.60. The van der Waals surface area contributed by atoms with Gasteiger partial charge in [-0.15, -0.1) is 0 Å². The van der Waals surface area contributed by atoms with Crippen molar-refractivity contribution in [2.45, 2.75) is 38.4 Å². The van der Waals surface area contributed by atoms with E-state index in [1.165, 1.54) is 16.7 Å². The van der Waals surface area contributed by atoms with Crippen LogP contribution in [0.15, 0.2) is 29.1 Å². The minimum Gasteiger partial charge on any atom is -0.501 e. The molecule has 7 nitrogen and oxygen atoms in total. The Hall–Kier alpha value is -2.74. The van der Waals surface area contributed by atoms with Crippen molar-refractivity contribution in [3.05, 3.63) is 57.5 Å². The molecule has 0 spiro atoms. The zero-order chi connectivity index (χ0) is 19.8. The van der Waals surface area contributed by atoms with E-state index in [4.69, 9.17) is 0 Å². The lowest BCUT2D eigenvalue weighted by Gasteiger charge is -2.24. The van der Waals surface area contributed by atoms with Gasteiger partial charge in [-0.1, -0.05) is 12.1 Å². The number of nitrogens with zero attached hydrogens (tertiary/aromatic N) is 2. The Kier molecular flexibility index (Phi) is 4.89. The van der Waals surface area contributed by atoms with Crippen LogP contribution in [0.5, 0.6) is 5.75 Å². The predicted molar refractivity (Wildman–Crippen MR) is 100 cm³/mol. The highest BCUT2D eigenvalue weighted by Gasteiger charge is 2.38. The first-order valence-corrected chi connectivity index (χ1v) is 9.51. The molecule has 1 aromatic heterocycles. The molecule has 2 heterocycles. The molecule has 3 N–H and O–H groups in total. The predicted octanol–water partition coefficient (Wildman–Crippen LogP) is 1.71. The number of carbonyl (C=O) groups is 1. The van der Waals surface area contributed by atoms with Gasteiger partial charge in [-0.2, -0.15) is 0 Å². The van der Waals surface area contributed by atoms with Crippen LogP contribution in [0.25, 0.3) is 0 Å². The van der Waals surface area contributed by atoms with Crippen molar-refractivity contribution in [2.24, 2.45) is 11.8 Å². The molecular formula is C20H23FN4O3. The van der Waals surface area contributed by atoms with Crippen molar-refractivity contribution in [1.29, 1.82) is 0 Å². The summed E-state index contributed by atoms with van der Waals surface area (Å²) < 4.78 is 14.5. The smallest absolute Gasteiger partial charge is 0.296 e. The fourth-order valence-electron chi connectivity index (χ4n) is 4.42. The molecule has 1 aliphatic carbocycles. The maximum Gasteiger partial charge on any atom is 0.296 e. The molecule has 28 heavy (non-hydrogen) atoms. The van der Waals surface area contributed by atoms with Crippen LogP contribution in [-0.4, -0.2) is 27.6 Å². The number of hydrogen-bond acceptors (Lipinski definition) is 5. The van der Waals surface area contributed by atoms with E-state index in [0.717, 1.165) is 19.3 Å². The van der Waals surface area contributed by atoms with Crippen LogP contribution in [0.1, 0.15) is 47.2 Å². The standard InChI is InChI=1S/C20H23FN4O3/c1-22-15-13-5-2-12(8-13)10-25-18(15)24-16(17(26)20(25)28)19(27)23-9-11-3-6-14(21)7-4-11/h3-4,6-7,12-13,15,22,26H,2,5,8-10H2,1H3,(H,23,27)/t12-,13+,15?/m1/s1. The first-order valence-electron chi connectivity index (χ1n) is 9.51. The summed E-state index contributed by atoms with van der Waals surface area (Å²) in [7, 11) is 1.82. The van der Waals surface area contributed by atoms with Gasteiger partial charge in [-0.25, -0.2) is 9.37 Å². The number of nitrogens with one attached hydrogen (secondary N) is 2. The Morgan fingerprint density at radius 1 is 1.32 bits per heavy atom. The van der Waals surface area contributed by atoms with Crippen LogP contribution in [0.3, 0.4) is 0 Å². The minimum atomic E-state index is -0.633. The zero-order valence-electron chi connectivity index (χ0n) is 15.6. The second kappa shape index (κ2) is 7.35. The van der Waals surface area contributed by atoms with E-state index in [1.807, 2.05) is 7.05 Å². The molecule has 1 amide bonds. The van der Waals surface area contributed by atoms with E-state index < -0.39 is 17.2 Å². The van der Waals surface area contributed by atoms with Gasteiger partial charge in [-0.05, 0) is 55.8 Å².